The molecular formula is C25H41NO5Si. The number of fused-ring (bicyclic) bond motifs is 5. The van der Waals surface area contributed by atoms with Gasteiger partial charge in [-0.05, 0) is 86.0 Å². The van der Waals surface area contributed by atoms with Crippen molar-refractivity contribution in [1.82, 2.24) is 0 Å². The fraction of sp³-hybridized carbons (Fsp3) is 0.880. The van der Waals surface area contributed by atoms with Crippen molar-refractivity contribution in [2.45, 2.75) is 97.0 Å². The van der Waals surface area contributed by atoms with Crippen LogP contribution in [0.3, 0.4) is 0 Å². The first-order valence-corrected chi connectivity index (χ1v) is 16.3. The lowest BCUT2D eigenvalue weighted by molar-refractivity contribution is -0.769. The van der Waals surface area contributed by atoms with E-state index in [1.165, 1.54) is 5.57 Å². The molecule has 0 heterocycles. The van der Waals surface area contributed by atoms with Crippen molar-refractivity contribution >= 4 is 14.0 Å². The molecule has 7 atom stereocenters. The summed E-state index contributed by atoms with van der Waals surface area (Å²) < 4.78 is 5.82. The van der Waals surface area contributed by atoms with Crippen LogP contribution in [-0.2, 0) is 14.4 Å². The van der Waals surface area contributed by atoms with Gasteiger partial charge in [0.25, 0.3) is 5.09 Å². The van der Waals surface area contributed by atoms with E-state index in [1.54, 1.807) is 0 Å². The van der Waals surface area contributed by atoms with Gasteiger partial charge in [0.15, 0.2) is 0 Å². The molecule has 3 fully saturated rings. The van der Waals surface area contributed by atoms with Gasteiger partial charge in [-0.25, -0.2) is 0 Å². The zero-order chi connectivity index (χ0) is 23.3. The minimum absolute atomic E-state index is 0.0393. The molecule has 6 nitrogen and oxygen atoms in total. The van der Waals surface area contributed by atoms with Crippen molar-refractivity contribution in [3.8, 4) is 0 Å². The van der Waals surface area contributed by atoms with Crippen molar-refractivity contribution in [1.29, 1.82) is 0 Å². The number of allylic oxidation sites excluding steroid dienone is 1. The number of hydrogen-bond donors (Lipinski definition) is 0. The Morgan fingerprint density at radius 2 is 1.91 bits per heavy atom. The van der Waals surface area contributed by atoms with E-state index in [4.69, 9.17) is 9.57 Å². The van der Waals surface area contributed by atoms with Crippen LogP contribution < -0.4 is 0 Å². The molecule has 0 amide bonds. The highest BCUT2D eigenvalue weighted by Gasteiger charge is 2.60. The number of carbonyl (C=O) groups is 1. The quantitative estimate of drug-likeness (QED) is 0.158. The summed E-state index contributed by atoms with van der Waals surface area (Å²) in [4.78, 5) is 28.8. The molecule has 0 aromatic heterocycles. The van der Waals surface area contributed by atoms with E-state index in [9.17, 15) is 14.9 Å². The average molecular weight is 464 g/mol. The highest BCUT2D eigenvalue weighted by atomic mass is 28.3. The molecule has 4 aliphatic rings. The average Bonchev–Trinajstić information content (AvgIpc) is 3.04. The fourth-order valence-corrected chi connectivity index (χ4v) is 8.50. The van der Waals surface area contributed by atoms with Gasteiger partial charge in [-0.2, -0.15) is 0 Å². The molecule has 0 aromatic carbocycles. The maximum absolute atomic E-state index is 13.1. The van der Waals surface area contributed by atoms with Gasteiger partial charge in [0.05, 0.1) is 12.5 Å². The van der Waals surface area contributed by atoms with Crippen LogP contribution in [0.5, 0.6) is 0 Å². The van der Waals surface area contributed by atoms with E-state index in [-0.39, 0.29) is 28.8 Å². The van der Waals surface area contributed by atoms with Crippen LogP contribution in [0.2, 0.25) is 25.7 Å². The van der Waals surface area contributed by atoms with Gasteiger partial charge in [0.1, 0.15) is 6.10 Å². The summed E-state index contributed by atoms with van der Waals surface area (Å²) >= 11 is 0. The van der Waals surface area contributed by atoms with Crippen molar-refractivity contribution in [2.24, 2.45) is 34.5 Å². The number of esters is 1. The maximum atomic E-state index is 13.1. The van der Waals surface area contributed by atoms with E-state index in [0.29, 0.717) is 30.8 Å². The molecule has 4 rings (SSSR count). The lowest BCUT2D eigenvalue weighted by atomic mass is 9.47. The third-order valence-corrected chi connectivity index (χ3v) is 11.4. The third-order valence-electron chi connectivity index (χ3n) is 9.67. The standard InChI is InChI=1S/C25H41NO5Si/c1-24-12-10-18(31-26(28)29)16-17(24)6-7-19-20-8-9-22(25(20,2)13-11-21(19)24)23(27)30-14-15-32(3,4)5/h6,18-22H,7-16H2,1-5H3/t18-,19-,20-,21-,22+,24-,25-/m0/s1. The molecule has 0 saturated heterocycles. The van der Waals surface area contributed by atoms with Gasteiger partial charge < -0.3 is 9.57 Å². The molecule has 0 aliphatic heterocycles. The van der Waals surface area contributed by atoms with Gasteiger partial charge in [-0.3, -0.25) is 4.79 Å². The predicted octanol–water partition coefficient (Wildman–Crippen LogP) is 6.02. The minimum atomic E-state index is -1.21. The van der Waals surface area contributed by atoms with Crippen LogP contribution in [0.25, 0.3) is 0 Å². The summed E-state index contributed by atoms with van der Waals surface area (Å²) in [5.74, 6) is 1.87. The summed E-state index contributed by atoms with van der Waals surface area (Å²) in [5.41, 5.74) is 1.54. The predicted molar refractivity (Wildman–Crippen MR) is 126 cm³/mol. The zero-order valence-electron chi connectivity index (χ0n) is 20.5. The molecule has 7 heteroatoms. The molecule has 3 saturated carbocycles. The molecule has 180 valence electrons. The van der Waals surface area contributed by atoms with Crippen LogP contribution in [0, 0.1) is 44.6 Å². The van der Waals surface area contributed by atoms with E-state index in [0.717, 1.165) is 51.0 Å². The number of nitrogens with zero attached hydrogens (tertiary/aromatic N) is 1. The Hall–Kier alpha value is -1.37. The molecule has 4 aliphatic carbocycles. The van der Waals surface area contributed by atoms with E-state index < -0.39 is 13.2 Å². The molecule has 0 bridgehead atoms. The van der Waals surface area contributed by atoms with Gasteiger partial charge in [-0.1, -0.05) is 45.1 Å². The van der Waals surface area contributed by atoms with Crippen molar-refractivity contribution in [3.63, 3.8) is 0 Å². The Morgan fingerprint density at radius 3 is 2.59 bits per heavy atom. The van der Waals surface area contributed by atoms with Crippen LogP contribution in [0.1, 0.15) is 65.2 Å². The molecule has 0 radical (unpaired) electrons. The molecule has 0 N–H and O–H groups in total. The first kappa shape index (κ1) is 23.8. The van der Waals surface area contributed by atoms with E-state index >= 15 is 0 Å². The Balaban J connectivity index is 1.46. The highest BCUT2D eigenvalue weighted by Crippen LogP contribution is 2.66. The Kier molecular flexibility index (Phi) is 6.27. The fourth-order valence-electron chi connectivity index (χ4n) is 7.78. The topological polar surface area (TPSA) is 78.7 Å². The van der Waals surface area contributed by atoms with Crippen molar-refractivity contribution < 1.29 is 19.5 Å². The van der Waals surface area contributed by atoms with E-state index in [1.807, 2.05) is 0 Å². The van der Waals surface area contributed by atoms with Crippen LogP contribution in [0.4, 0.5) is 0 Å². The molecule has 0 spiro atoms. The maximum Gasteiger partial charge on any atom is 0.309 e. The summed E-state index contributed by atoms with van der Waals surface area (Å²) in [6, 6.07) is 1.03. The van der Waals surface area contributed by atoms with Crippen molar-refractivity contribution in [3.05, 3.63) is 21.8 Å². The highest BCUT2D eigenvalue weighted by molar-refractivity contribution is 6.76. The van der Waals surface area contributed by atoms with Gasteiger partial charge in [0.2, 0.25) is 0 Å². The SMILES string of the molecule is C[C@]12CC[C@H]3[C@@H](CC=C4C[C@@H](O[N+](=O)[O-])CC[C@@]43C)[C@@H]1CC[C@@H]2C(=O)OCC[Si](C)(C)C. The molecule has 0 unspecified atom stereocenters. The normalized spacial score (nSPS) is 41.0. The Labute approximate surface area is 193 Å². The summed E-state index contributed by atoms with van der Waals surface area (Å²) in [6.45, 7) is 12.3. The Bertz CT molecular complexity index is 792. The summed E-state index contributed by atoms with van der Waals surface area (Å²) in [7, 11) is -1.21. The number of rotatable bonds is 6. The van der Waals surface area contributed by atoms with Crippen LogP contribution in [0.15, 0.2) is 11.6 Å². The van der Waals surface area contributed by atoms with Gasteiger partial charge >= 0.3 is 5.97 Å². The molecule has 0 aromatic rings. The molecule has 32 heavy (non-hydrogen) atoms. The summed E-state index contributed by atoms with van der Waals surface area (Å²) in [6.07, 6.45) is 9.84. The number of carbonyl (C=O) groups excluding carboxylic acids is 1. The number of ether oxygens (including phenoxy) is 1. The summed E-state index contributed by atoms with van der Waals surface area (Å²) in [5, 5.41) is 10.2. The van der Waals surface area contributed by atoms with Gasteiger partial charge in [0, 0.05) is 8.07 Å². The van der Waals surface area contributed by atoms with Crippen LogP contribution >= 0.6 is 0 Å². The first-order chi connectivity index (χ1) is 14.9. The smallest absolute Gasteiger partial charge is 0.309 e. The second kappa shape index (κ2) is 8.44. The second-order valence-electron chi connectivity index (χ2n) is 12.6. The monoisotopic (exact) mass is 463 g/mol. The minimum Gasteiger partial charge on any atom is -0.466 e. The van der Waals surface area contributed by atoms with Crippen molar-refractivity contribution in [2.75, 3.05) is 6.61 Å². The van der Waals surface area contributed by atoms with Gasteiger partial charge in [-0.15, -0.1) is 10.1 Å². The third kappa shape index (κ3) is 4.26. The zero-order valence-corrected chi connectivity index (χ0v) is 21.5. The van der Waals surface area contributed by atoms with E-state index in [2.05, 4.69) is 39.6 Å². The second-order valence-corrected chi connectivity index (χ2v) is 18.2. The lowest BCUT2D eigenvalue weighted by Crippen LogP contribution is -2.51. The molecular weight excluding hydrogens is 422 g/mol. The lowest BCUT2D eigenvalue weighted by Gasteiger charge is -2.57. The Morgan fingerprint density at radius 1 is 1.16 bits per heavy atom. The number of hydrogen-bond acceptors (Lipinski definition) is 5. The first-order valence-electron chi connectivity index (χ1n) is 12.6. The van der Waals surface area contributed by atoms with Crippen LogP contribution in [-0.4, -0.2) is 31.8 Å². The largest absolute Gasteiger partial charge is 0.466 e.